The lowest BCUT2D eigenvalue weighted by molar-refractivity contribution is -0.301. The Morgan fingerprint density at radius 2 is 0.795 bits per heavy atom. The lowest BCUT2D eigenvalue weighted by atomic mass is 9.98. The molecule has 0 aromatic rings. The third kappa shape index (κ3) is 46.4. The maximum absolute atomic E-state index is 13.1. The van der Waals surface area contributed by atoms with Gasteiger partial charge in [0.2, 0.25) is 0 Å². The highest BCUT2D eigenvalue weighted by Gasteiger charge is 2.50. The van der Waals surface area contributed by atoms with Crippen molar-refractivity contribution in [1.29, 1.82) is 0 Å². The monoisotopic (exact) mass is 1150 g/mol. The summed E-state index contributed by atoms with van der Waals surface area (Å²) >= 11 is 0. The molecule has 0 aromatic carbocycles. The number of allylic oxidation sites excluding steroid dienone is 25. The fraction of sp³-hybridized carbons (Fsp3) is 0.577. The lowest BCUT2D eigenvalue weighted by Gasteiger charge is -2.40. The number of ether oxygens (including phenoxy) is 5. The maximum Gasteiger partial charge on any atom is 0.335 e. The quantitative estimate of drug-likeness (QED) is 0.0228. The van der Waals surface area contributed by atoms with Gasteiger partial charge in [0, 0.05) is 12.8 Å². The molecule has 1 aliphatic rings. The number of rotatable bonds is 51. The van der Waals surface area contributed by atoms with E-state index in [1.54, 1.807) is 6.08 Å². The van der Waals surface area contributed by atoms with Gasteiger partial charge in [0.05, 0.1) is 13.0 Å². The lowest BCUT2D eigenvalue weighted by Crippen LogP contribution is -2.61. The molecule has 1 saturated heterocycles. The Hall–Kier alpha value is -5.66. The summed E-state index contributed by atoms with van der Waals surface area (Å²) in [7, 11) is 0. The van der Waals surface area contributed by atoms with Crippen LogP contribution in [0.5, 0.6) is 0 Å². The molecule has 1 rings (SSSR count). The van der Waals surface area contributed by atoms with Gasteiger partial charge in [0.25, 0.3) is 0 Å². The average molecular weight is 1150 g/mol. The van der Waals surface area contributed by atoms with Crippen molar-refractivity contribution in [2.24, 2.45) is 0 Å². The van der Waals surface area contributed by atoms with Crippen LogP contribution in [0.15, 0.2) is 158 Å². The maximum atomic E-state index is 13.1. The second kappa shape index (κ2) is 56.8. The fourth-order valence-corrected chi connectivity index (χ4v) is 8.36. The summed E-state index contributed by atoms with van der Waals surface area (Å²) in [5.41, 5.74) is 0. The topological polar surface area (TPSA) is 175 Å². The Balaban J connectivity index is 2.75. The van der Waals surface area contributed by atoms with E-state index in [0.29, 0.717) is 19.3 Å². The molecule has 12 heteroatoms. The van der Waals surface area contributed by atoms with Crippen LogP contribution in [0.25, 0.3) is 0 Å². The smallest absolute Gasteiger partial charge is 0.335 e. The predicted octanol–water partition coefficient (Wildman–Crippen LogP) is 16.9. The molecule has 0 radical (unpaired) electrons. The molecule has 1 fully saturated rings. The highest BCUT2D eigenvalue weighted by Crippen LogP contribution is 2.26. The number of carboxylic acids is 1. The first-order valence-corrected chi connectivity index (χ1v) is 31.5. The summed E-state index contributed by atoms with van der Waals surface area (Å²) in [6.45, 7) is 5.61. The summed E-state index contributed by atoms with van der Waals surface area (Å²) < 4.78 is 28.3. The molecular formula is C71H108O12. The summed E-state index contributed by atoms with van der Waals surface area (Å²) in [5, 5.41) is 31.6. The van der Waals surface area contributed by atoms with Crippen LogP contribution in [-0.4, -0.2) is 89.2 Å². The molecule has 0 aliphatic carbocycles. The number of aliphatic hydroxyl groups is 2. The molecular weight excluding hydrogens is 1040 g/mol. The minimum atomic E-state index is -1.94. The van der Waals surface area contributed by atoms with Crippen LogP contribution < -0.4 is 0 Å². The first-order valence-electron chi connectivity index (χ1n) is 31.5. The zero-order valence-corrected chi connectivity index (χ0v) is 51.1. The van der Waals surface area contributed by atoms with Crippen molar-refractivity contribution in [3.8, 4) is 0 Å². The molecule has 6 atom stereocenters. The standard InChI is InChI=1S/C71H108O12/c1-4-7-10-13-16-19-22-25-28-30-32-34-37-39-42-45-48-51-54-57-63(72)79-60-62(81-64(73)58-55-52-49-46-43-40-36-27-24-21-18-15-12-9-6-3)61-80-71-69(67(76)66(75)68(83-71)70(77)78)82-65(74)59-56-53-50-47-44-41-38-35-33-31-29-26-23-20-17-14-11-8-5-2/h7,9-10,12,16-21,25-29,32-36,39,42-43,46,52,55,62,66-69,71,75-76H,4-6,8,11,13-15,22-24,30-31,37-38,40-41,44-45,47-51,53-54,56-61H2,1-3H3,(H,77,78)/b10-7-,12-9-,19-16-,20-17-,21-18-,28-25-,29-26-,34-32-,35-33-,36-27-,42-39-,46-43-,55-52-. The Morgan fingerprint density at radius 1 is 0.422 bits per heavy atom. The first kappa shape index (κ1) is 75.4. The van der Waals surface area contributed by atoms with Crippen LogP contribution in [0, 0.1) is 0 Å². The predicted molar refractivity (Wildman–Crippen MR) is 339 cm³/mol. The highest BCUT2D eigenvalue weighted by molar-refractivity contribution is 5.74. The molecule has 0 bridgehead atoms. The first-order chi connectivity index (χ1) is 40.6. The van der Waals surface area contributed by atoms with Crippen LogP contribution in [0.1, 0.15) is 213 Å². The van der Waals surface area contributed by atoms with Crippen molar-refractivity contribution in [2.75, 3.05) is 13.2 Å². The van der Waals surface area contributed by atoms with Gasteiger partial charge in [-0.3, -0.25) is 14.4 Å². The van der Waals surface area contributed by atoms with Crippen LogP contribution in [0.2, 0.25) is 0 Å². The van der Waals surface area contributed by atoms with E-state index < -0.39 is 67.3 Å². The normalized spacial score (nSPS) is 18.7. The largest absolute Gasteiger partial charge is 0.479 e. The van der Waals surface area contributed by atoms with Crippen LogP contribution in [0.4, 0.5) is 0 Å². The number of carbonyl (C=O) groups excluding carboxylic acids is 3. The van der Waals surface area contributed by atoms with E-state index in [-0.39, 0.29) is 25.9 Å². The molecule has 83 heavy (non-hydrogen) atoms. The zero-order valence-electron chi connectivity index (χ0n) is 51.1. The number of aliphatic hydroxyl groups excluding tert-OH is 2. The van der Waals surface area contributed by atoms with Crippen molar-refractivity contribution >= 4 is 23.9 Å². The number of carboxylic acid groups (broad SMARTS) is 1. The molecule has 0 saturated carbocycles. The second-order valence-electron chi connectivity index (χ2n) is 20.6. The van der Waals surface area contributed by atoms with Gasteiger partial charge in [0.15, 0.2) is 24.6 Å². The van der Waals surface area contributed by atoms with Crippen molar-refractivity contribution in [3.05, 3.63) is 158 Å². The minimum absolute atomic E-state index is 0.0225. The number of esters is 3. The van der Waals surface area contributed by atoms with E-state index in [9.17, 15) is 34.5 Å². The summed E-state index contributed by atoms with van der Waals surface area (Å²) in [4.78, 5) is 51.2. The van der Waals surface area contributed by atoms with Gasteiger partial charge in [-0.25, -0.2) is 4.79 Å². The van der Waals surface area contributed by atoms with E-state index in [0.717, 1.165) is 135 Å². The zero-order chi connectivity index (χ0) is 60.3. The van der Waals surface area contributed by atoms with Gasteiger partial charge in [0.1, 0.15) is 18.8 Å². The minimum Gasteiger partial charge on any atom is -0.479 e. The molecule has 6 unspecified atom stereocenters. The Kier molecular flexibility index (Phi) is 51.6. The van der Waals surface area contributed by atoms with Gasteiger partial charge in [-0.15, -0.1) is 0 Å². The fourth-order valence-electron chi connectivity index (χ4n) is 8.36. The third-order valence-corrected chi connectivity index (χ3v) is 13.1. The van der Waals surface area contributed by atoms with Crippen LogP contribution in [0.3, 0.4) is 0 Å². The molecule has 3 N–H and O–H groups in total. The highest BCUT2D eigenvalue weighted by atomic mass is 16.7. The summed E-state index contributed by atoms with van der Waals surface area (Å²) in [6, 6.07) is 0. The Morgan fingerprint density at radius 3 is 1.23 bits per heavy atom. The average Bonchev–Trinajstić information content (AvgIpc) is 3.57. The molecule has 0 amide bonds. The number of hydrogen-bond donors (Lipinski definition) is 3. The van der Waals surface area contributed by atoms with Crippen molar-refractivity contribution < 1.29 is 58.2 Å². The van der Waals surface area contributed by atoms with Gasteiger partial charge in [-0.2, -0.15) is 0 Å². The van der Waals surface area contributed by atoms with Gasteiger partial charge in [-0.1, -0.05) is 224 Å². The SMILES string of the molecule is CC/C=C\C/C=C\C/C=C\C/C=C\C/C=C\CCCCCC(=O)OCC(COC1OC(C(=O)O)C(O)C(O)C1OC(=O)CCCCCCCC/C=C\C/C=C\C/C=C\CCCCC)OC(=O)C/C=C\C/C=C\C/C=C\C/C=C\C/C=C\CC. The Bertz CT molecular complexity index is 2050. The molecule has 0 spiro atoms. The van der Waals surface area contributed by atoms with Gasteiger partial charge in [-0.05, 0) is 128 Å². The number of unbranched alkanes of at least 4 members (excludes halogenated alkanes) is 12. The van der Waals surface area contributed by atoms with E-state index >= 15 is 0 Å². The molecule has 0 aromatic heterocycles. The molecule has 1 heterocycles. The molecule has 12 nitrogen and oxygen atoms in total. The van der Waals surface area contributed by atoms with E-state index in [1.807, 2.05) is 18.2 Å². The summed E-state index contributed by atoms with van der Waals surface area (Å²) in [6.07, 6.45) is 70.8. The van der Waals surface area contributed by atoms with Gasteiger partial charge >= 0.3 is 23.9 Å². The number of aliphatic carboxylic acids is 1. The van der Waals surface area contributed by atoms with Crippen molar-refractivity contribution in [2.45, 2.75) is 250 Å². The van der Waals surface area contributed by atoms with Gasteiger partial charge < -0.3 is 39.0 Å². The van der Waals surface area contributed by atoms with Crippen molar-refractivity contribution in [3.63, 3.8) is 0 Å². The molecule has 1 aliphatic heterocycles. The third-order valence-electron chi connectivity index (χ3n) is 13.1. The summed E-state index contributed by atoms with van der Waals surface area (Å²) in [5.74, 6) is -3.37. The van der Waals surface area contributed by atoms with E-state index in [2.05, 4.69) is 154 Å². The number of carbonyl (C=O) groups is 4. The van der Waals surface area contributed by atoms with Crippen LogP contribution >= 0.6 is 0 Å². The second-order valence-corrected chi connectivity index (χ2v) is 20.6. The van der Waals surface area contributed by atoms with E-state index in [4.69, 9.17) is 23.7 Å². The number of hydrogen-bond acceptors (Lipinski definition) is 11. The Labute approximate surface area is 501 Å². The van der Waals surface area contributed by atoms with Crippen molar-refractivity contribution in [1.82, 2.24) is 0 Å². The molecule has 464 valence electrons. The van der Waals surface area contributed by atoms with Crippen LogP contribution in [-0.2, 0) is 42.9 Å². The van der Waals surface area contributed by atoms with E-state index in [1.165, 1.54) is 19.3 Å².